The van der Waals surface area contributed by atoms with Crippen molar-refractivity contribution in [1.82, 2.24) is 9.47 Å². The van der Waals surface area contributed by atoms with Gasteiger partial charge >= 0.3 is 6.18 Å². The molecular weight excluding hydrogens is 305 g/mol. The lowest BCUT2D eigenvalue weighted by atomic mass is 10.1. The number of aromatic nitrogens is 1. The molecule has 2 heterocycles. The molecule has 0 aliphatic carbocycles. The number of benzene rings is 1. The third kappa shape index (κ3) is 3.47. The van der Waals surface area contributed by atoms with Crippen molar-refractivity contribution in [1.29, 1.82) is 0 Å². The Morgan fingerprint density at radius 1 is 1.17 bits per heavy atom. The van der Waals surface area contributed by atoms with Gasteiger partial charge < -0.3 is 4.57 Å². The molecule has 1 unspecified atom stereocenters. The molecule has 0 fully saturated rings. The molecule has 0 saturated carbocycles. The van der Waals surface area contributed by atoms with Crippen molar-refractivity contribution in [3.8, 4) is 0 Å². The van der Waals surface area contributed by atoms with E-state index in [4.69, 9.17) is 0 Å². The molecule has 3 nitrogen and oxygen atoms in total. The molecule has 0 N–H and O–H groups in total. The summed E-state index contributed by atoms with van der Waals surface area (Å²) in [5, 5.41) is 0. The molecule has 3 rings (SSSR count). The fourth-order valence-corrected chi connectivity index (χ4v) is 2.88. The molecule has 0 saturated heterocycles. The largest absolute Gasteiger partial charge is 0.416 e. The maximum absolute atomic E-state index is 12.6. The van der Waals surface area contributed by atoms with Gasteiger partial charge in [-0.3, -0.25) is 9.69 Å². The number of rotatable bonds is 2. The molecule has 1 aliphatic heterocycles. The summed E-state index contributed by atoms with van der Waals surface area (Å²) in [6.45, 7) is 4.00. The van der Waals surface area contributed by atoms with Gasteiger partial charge in [-0.15, -0.1) is 0 Å². The summed E-state index contributed by atoms with van der Waals surface area (Å²) in [7, 11) is 0. The summed E-state index contributed by atoms with van der Waals surface area (Å²) in [5.74, 6) is 0. The standard InChI is InChI=1S/C17H17F3N2O/c1-12-9-21-7-6-16(23)8-15(21)11-22(12)10-13-2-4-14(5-3-13)17(18,19)20/h2-8,12H,9-11H2,1H3. The Kier molecular flexibility index (Phi) is 4.02. The molecule has 1 aromatic carbocycles. The van der Waals surface area contributed by atoms with E-state index in [2.05, 4.69) is 16.4 Å². The van der Waals surface area contributed by atoms with Crippen molar-refractivity contribution in [2.24, 2.45) is 0 Å². The Balaban J connectivity index is 1.76. The molecule has 122 valence electrons. The van der Waals surface area contributed by atoms with Gasteiger partial charge in [-0.25, -0.2) is 0 Å². The highest BCUT2D eigenvalue weighted by atomic mass is 19.4. The fraction of sp³-hybridized carbons (Fsp3) is 0.353. The van der Waals surface area contributed by atoms with Gasteiger partial charge in [-0.05, 0) is 24.6 Å². The third-order valence-corrected chi connectivity index (χ3v) is 4.21. The Morgan fingerprint density at radius 3 is 2.52 bits per heavy atom. The topological polar surface area (TPSA) is 25.2 Å². The lowest BCUT2D eigenvalue weighted by molar-refractivity contribution is -0.137. The molecule has 1 aliphatic rings. The minimum absolute atomic E-state index is 0.0275. The number of alkyl halides is 3. The van der Waals surface area contributed by atoms with E-state index in [9.17, 15) is 18.0 Å². The predicted molar refractivity (Wildman–Crippen MR) is 80.9 cm³/mol. The van der Waals surface area contributed by atoms with Gasteiger partial charge in [0.05, 0.1) is 5.56 Å². The first-order chi connectivity index (χ1) is 10.8. The van der Waals surface area contributed by atoms with E-state index in [1.54, 1.807) is 18.3 Å². The van der Waals surface area contributed by atoms with Crippen LogP contribution in [-0.4, -0.2) is 15.5 Å². The second-order valence-electron chi connectivity index (χ2n) is 5.95. The Hall–Kier alpha value is -2.08. The number of hydrogen-bond acceptors (Lipinski definition) is 2. The highest BCUT2D eigenvalue weighted by Crippen LogP contribution is 2.29. The molecular formula is C17H17F3N2O. The van der Waals surface area contributed by atoms with Gasteiger partial charge in [-0.1, -0.05) is 12.1 Å². The van der Waals surface area contributed by atoms with Crippen LogP contribution in [0.15, 0.2) is 47.4 Å². The molecule has 1 aromatic heterocycles. The minimum atomic E-state index is -4.31. The summed E-state index contributed by atoms with van der Waals surface area (Å²) in [6, 6.07) is 8.66. The van der Waals surface area contributed by atoms with Crippen LogP contribution in [0.2, 0.25) is 0 Å². The first-order valence-electron chi connectivity index (χ1n) is 7.42. The molecule has 23 heavy (non-hydrogen) atoms. The maximum Gasteiger partial charge on any atom is 0.416 e. The van der Waals surface area contributed by atoms with Crippen molar-refractivity contribution >= 4 is 0 Å². The SMILES string of the molecule is CC1Cn2ccc(=O)cc2CN1Cc1ccc(C(F)(F)F)cc1. The lowest BCUT2D eigenvalue weighted by Crippen LogP contribution is -2.41. The van der Waals surface area contributed by atoms with Crippen LogP contribution in [-0.2, 0) is 25.8 Å². The van der Waals surface area contributed by atoms with E-state index in [0.29, 0.717) is 13.1 Å². The van der Waals surface area contributed by atoms with E-state index < -0.39 is 11.7 Å². The van der Waals surface area contributed by atoms with E-state index >= 15 is 0 Å². The second-order valence-corrected chi connectivity index (χ2v) is 5.95. The summed E-state index contributed by atoms with van der Waals surface area (Å²) in [6.07, 6.45) is -2.51. The zero-order chi connectivity index (χ0) is 16.6. The van der Waals surface area contributed by atoms with Crippen LogP contribution in [0.25, 0.3) is 0 Å². The van der Waals surface area contributed by atoms with Crippen LogP contribution in [0.4, 0.5) is 13.2 Å². The van der Waals surface area contributed by atoms with E-state index in [1.807, 2.05) is 0 Å². The smallest absolute Gasteiger partial charge is 0.348 e. The van der Waals surface area contributed by atoms with Crippen LogP contribution in [0.5, 0.6) is 0 Å². The monoisotopic (exact) mass is 322 g/mol. The molecule has 6 heteroatoms. The zero-order valence-corrected chi connectivity index (χ0v) is 12.7. The summed E-state index contributed by atoms with van der Waals surface area (Å²) in [4.78, 5) is 13.6. The van der Waals surface area contributed by atoms with Gasteiger partial charge in [0.2, 0.25) is 0 Å². The fourth-order valence-electron chi connectivity index (χ4n) is 2.88. The molecule has 1 atom stereocenters. The van der Waals surface area contributed by atoms with E-state index in [0.717, 1.165) is 29.9 Å². The van der Waals surface area contributed by atoms with Crippen LogP contribution in [0.3, 0.4) is 0 Å². The van der Waals surface area contributed by atoms with Gasteiger partial charge in [0.15, 0.2) is 5.43 Å². The highest BCUT2D eigenvalue weighted by molar-refractivity contribution is 5.25. The number of hydrogen-bond donors (Lipinski definition) is 0. The van der Waals surface area contributed by atoms with Crippen molar-refractivity contribution in [3.63, 3.8) is 0 Å². The van der Waals surface area contributed by atoms with Crippen LogP contribution in [0.1, 0.15) is 23.7 Å². The van der Waals surface area contributed by atoms with E-state index in [-0.39, 0.29) is 11.5 Å². The maximum atomic E-state index is 12.6. The van der Waals surface area contributed by atoms with Gasteiger partial charge in [-0.2, -0.15) is 13.2 Å². The Morgan fingerprint density at radius 2 is 1.87 bits per heavy atom. The average molecular weight is 322 g/mol. The Bertz CT molecular complexity index is 750. The van der Waals surface area contributed by atoms with Crippen LogP contribution in [0, 0.1) is 0 Å². The van der Waals surface area contributed by atoms with Gasteiger partial charge in [0.25, 0.3) is 0 Å². The predicted octanol–water partition coefficient (Wildman–Crippen LogP) is 3.27. The van der Waals surface area contributed by atoms with Crippen molar-refractivity contribution < 1.29 is 13.2 Å². The average Bonchev–Trinajstić information content (AvgIpc) is 2.48. The first kappa shape index (κ1) is 15.8. The summed E-state index contributed by atoms with van der Waals surface area (Å²) in [5.41, 5.74) is 1.10. The minimum Gasteiger partial charge on any atom is -0.348 e. The number of halogens is 3. The Labute approximate surface area is 132 Å². The second kappa shape index (κ2) is 5.85. The summed E-state index contributed by atoms with van der Waals surface area (Å²) < 4.78 is 39.9. The molecule has 0 radical (unpaired) electrons. The van der Waals surface area contributed by atoms with Gasteiger partial charge in [0.1, 0.15) is 0 Å². The quantitative estimate of drug-likeness (QED) is 0.848. The molecule has 0 spiro atoms. The third-order valence-electron chi connectivity index (χ3n) is 4.21. The van der Waals surface area contributed by atoms with Crippen molar-refractivity contribution in [2.75, 3.05) is 0 Å². The van der Waals surface area contributed by atoms with Gasteiger partial charge in [0, 0.05) is 49.7 Å². The highest BCUT2D eigenvalue weighted by Gasteiger charge is 2.30. The lowest BCUT2D eigenvalue weighted by Gasteiger charge is -2.36. The molecule has 0 bridgehead atoms. The molecule has 2 aromatic rings. The van der Waals surface area contributed by atoms with Crippen LogP contribution >= 0.6 is 0 Å². The summed E-state index contributed by atoms with van der Waals surface area (Å²) >= 11 is 0. The normalized spacial score (nSPS) is 18.7. The first-order valence-corrected chi connectivity index (χ1v) is 7.42. The van der Waals surface area contributed by atoms with Crippen molar-refractivity contribution in [3.05, 3.63) is 69.6 Å². The number of pyridine rings is 1. The zero-order valence-electron chi connectivity index (χ0n) is 12.7. The van der Waals surface area contributed by atoms with Crippen molar-refractivity contribution in [2.45, 2.75) is 38.8 Å². The van der Waals surface area contributed by atoms with E-state index in [1.165, 1.54) is 12.1 Å². The van der Waals surface area contributed by atoms with Crippen LogP contribution < -0.4 is 5.43 Å². The molecule has 0 amide bonds. The number of nitrogens with zero attached hydrogens (tertiary/aromatic N) is 2. The number of fused-ring (bicyclic) bond motifs is 1.